The van der Waals surface area contributed by atoms with Crippen LogP contribution in [0.1, 0.15) is 21.5 Å². The molecule has 3 aromatic rings. The Balaban J connectivity index is 1.67. The molecule has 0 fully saturated rings. The van der Waals surface area contributed by atoms with Crippen molar-refractivity contribution in [3.63, 3.8) is 0 Å². The molecule has 0 radical (unpaired) electrons. The number of carboxylic acids is 1. The molecule has 0 aliphatic rings. The molecule has 3 rings (SSSR count). The molecule has 4 nitrogen and oxygen atoms in total. The van der Waals surface area contributed by atoms with Crippen molar-refractivity contribution in [2.24, 2.45) is 0 Å². The number of aromatic carboxylic acids is 1. The molecule has 0 aliphatic heterocycles. The second kappa shape index (κ2) is 8.16. The quantitative estimate of drug-likeness (QED) is 0.647. The smallest absolute Gasteiger partial charge is 0.335 e. The normalized spacial score (nSPS) is 10.3. The first-order valence-corrected chi connectivity index (χ1v) is 8.14. The first kappa shape index (κ1) is 17.5. The van der Waals surface area contributed by atoms with Crippen molar-refractivity contribution in [2.75, 3.05) is 5.32 Å². The standard InChI is InChI=1S/C21H18FNO3/c22-18-8-3-5-15(11-18)14-26-20-10-2-1-6-17(20)13-23-19-9-4-7-16(12-19)21(24)25/h1-12,23H,13-14H2,(H,24,25). The summed E-state index contributed by atoms with van der Waals surface area (Å²) >= 11 is 0. The van der Waals surface area contributed by atoms with E-state index < -0.39 is 5.97 Å². The third kappa shape index (κ3) is 4.60. The molecule has 0 saturated carbocycles. The Morgan fingerprint density at radius 1 is 1.00 bits per heavy atom. The number of para-hydroxylation sites is 1. The van der Waals surface area contributed by atoms with Crippen molar-refractivity contribution >= 4 is 11.7 Å². The Labute approximate surface area is 150 Å². The van der Waals surface area contributed by atoms with E-state index in [-0.39, 0.29) is 18.0 Å². The molecule has 0 saturated heterocycles. The fourth-order valence-electron chi connectivity index (χ4n) is 2.54. The largest absolute Gasteiger partial charge is 0.489 e. The van der Waals surface area contributed by atoms with Crippen molar-refractivity contribution in [3.05, 3.63) is 95.3 Å². The lowest BCUT2D eigenvalue weighted by Gasteiger charge is -2.13. The minimum absolute atomic E-state index is 0.227. The summed E-state index contributed by atoms with van der Waals surface area (Å²) in [5.74, 6) is -0.564. The van der Waals surface area contributed by atoms with Gasteiger partial charge < -0.3 is 15.2 Å². The zero-order valence-corrected chi connectivity index (χ0v) is 14.0. The molecule has 0 amide bonds. The predicted molar refractivity (Wildman–Crippen MR) is 97.9 cm³/mol. The lowest BCUT2D eigenvalue weighted by atomic mass is 10.1. The summed E-state index contributed by atoms with van der Waals surface area (Å²) in [6, 6.07) is 20.5. The molecule has 2 N–H and O–H groups in total. The maximum Gasteiger partial charge on any atom is 0.335 e. The van der Waals surface area contributed by atoms with Crippen molar-refractivity contribution < 1.29 is 19.0 Å². The summed E-state index contributed by atoms with van der Waals surface area (Å²) < 4.78 is 19.1. The van der Waals surface area contributed by atoms with Gasteiger partial charge in [-0.05, 0) is 42.0 Å². The lowest BCUT2D eigenvalue weighted by molar-refractivity contribution is 0.0697. The zero-order valence-electron chi connectivity index (χ0n) is 14.0. The number of hydrogen-bond acceptors (Lipinski definition) is 3. The highest BCUT2D eigenvalue weighted by Gasteiger charge is 2.06. The Kier molecular flexibility index (Phi) is 5.49. The zero-order chi connectivity index (χ0) is 18.4. The fourth-order valence-corrected chi connectivity index (χ4v) is 2.54. The van der Waals surface area contributed by atoms with E-state index in [0.29, 0.717) is 18.0 Å². The van der Waals surface area contributed by atoms with Crippen LogP contribution in [0.3, 0.4) is 0 Å². The molecule has 0 aromatic heterocycles. The molecule has 0 heterocycles. The Hall–Kier alpha value is -3.34. The minimum Gasteiger partial charge on any atom is -0.489 e. The molecule has 5 heteroatoms. The number of halogens is 1. The highest BCUT2D eigenvalue weighted by atomic mass is 19.1. The van der Waals surface area contributed by atoms with Gasteiger partial charge in [-0.25, -0.2) is 9.18 Å². The van der Waals surface area contributed by atoms with Crippen molar-refractivity contribution in [1.82, 2.24) is 0 Å². The van der Waals surface area contributed by atoms with Crippen LogP contribution in [-0.2, 0) is 13.2 Å². The first-order valence-electron chi connectivity index (χ1n) is 8.14. The number of carboxylic acid groups (broad SMARTS) is 1. The summed E-state index contributed by atoms with van der Waals surface area (Å²) in [5, 5.41) is 12.3. The summed E-state index contributed by atoms with van der Waals surface area (Å²) in [6.45, 7) is 0.742. The van der Waals surface area contributed by atoms with Gasteiger partial charge in [0, 0.05) is 17.8 Å². The molecule has 0 atom stereocenters. The summed E-state index contributed by atoms with van der Waals surface area (Å²) in [5.41, 5.74) is 2.61. The average Bonchev–Trinajstić information content (AvgIpc) is 2.65. The van der Waals surface area contributed by atoms with Crippen LogP contribution in [-0.4, -0.2) is 11.1 Å². The summed E-state index contributed by atoms with van der Waals surface area (Å²) in [7, 11) is 0. The first-order chi connectivity index (χ1) is 12.6. The monoisotopic (exact) mass is 351 g/mol. The second-order valence-electron chi connectivity index (χ2n) is 5.77. The van der Waals surface area contributed by atoms with Crippen LogP contribution in [0.15, 0.2) is 72.8 Å². The highest BCUT2D eigenvalue weighted by Crippen LogP contribution is 2.21. The SMILES string of the molecule is O=C(O)c1cccc(NCc2ccccc2OCc2cccc(F)c2)c1. The molecule has 0 aliphatic carbocycles. The van der Waals surface area contributed by atoms with E-state index in [1.54, 1.807) is 30.3 Å². The maximum absolute atomic E-state index is 13.3. The third-order valence-corrected chi connectivity index (χ3v) is 3.85. The van der Waals surface area contributed by atoms with Gasteiger partial charge in [0.05, 0.1) is 5.56 Å². The van der Waals surface area contributed by atoms with E-state index in [0.717, 1.165) is 11.1 Å². The number of hydrogen-bond donors (Lipinski definition) is 2. The van der Waals surface area contributed by atoms with Crippen LogP contribution in [0.2, 0.25) is 0 Å². The molecule has 0 unspecified atom stereocenters. The Morgan fingerprint density at radius 2 is 1.81 bits per heavy atom. The number of ether oxygens (including phenoxy) is 1. The number of carbonyl (C=O) groups is 1. The number of benzene rings is 3. The fraction of sp³-hybridized carbons (Fsp3) is 0.0952. The Bertz CT molecular complexity index is 911. The van der Waals surface area contributed by atoms with Gasteiger partial charge in [-0.2, -0.15) is 0 Å². The van der Waals surface area contributed by atoms with E-state index in [2.05, 4.69) is 5.32 Å². The predicted octanol–water partition coefficient (Wildman–Crippen LogP) is 4.72. The van der Waals surface area contributed by atoms with Crippen molar-refractivity contribution in [2.45, 2.75) is 13.2 Å². The van der Waals surface area contributed by atoms with Gasteiger partial charge in [-0.3, -0.25) is 0 Å². The molecule has 132 valence electrons. The van der Waals surface area contributed by atoms with Crippen molar-refractivity contribution in [3.8, 4) is 5.75 Å². The number of anilines is 1. The Morgan fingerprint density at radius 3 is 2.62 bits per heavy atom. The summed E-state index contributed by atoms with van der Waals surface area (Å²) in [4.78, 5) is 11.1. The van der Waals surface area contributed by atoms with Crippen molar-refractivity contribution in [1.29, 1.82) is 0 Å². The highest BCUT2D eigenvalue weighted by molar-refractivity contribution is 5.88. The summed E-state index contributed by atoms with van der Waals surface area (Å²) in [6.07, 6.45) is 0. The van der Waals surface area contributed by atoms with Crippen LogP contribution < -0.4 is 10.1 Å². The molecule has 26 heavy (non-hydrogen) atoms. The lowest BCUT2D eigenvalue weighted by Crippen LogP contribution is -2.05. The molecule has 0 bridgehead atoms. The van der Waals surface area contributed by atoms with Crippen LogP contribution >= 0.6 is 0 Å². The van der Waals surface area contributed by atoms with E-state index in [9.17, 15) is 9.18 Å². The maximum atomic E-state index is 13.3. The van der Waals surface area contributed by atoms with Gasteiger partial charge in [-0.1, -0.05) is 36.4 Å². The van der Waals surface area contributed by atoms with E-state index in [1.807, 2.05) is 30.3 Å². The minimum atomic E-state index is -0.965. The second-order valence-corrected chi connectivity index (χ2v) is 5.77. The number of nitrogens with one attached hydrogen (secondary N) is 1. The topological polar surface area (TPSA) is 58.6 Å². The molecular formula is C21H18FNO3. The number of rotatable bonds is 7. The van der Waals surface area contributed by atoms with Gasteiger partial charge in [0.25, 0.3) is 0 Å². The molecule has 3 aromatic carbocycles. The van der Waals surface area contributed by atoms with Gasteiger partial charge in [0.1, 0.15) is 18.2 Å². The average molecular weight is 351 g/mol. The van der Waals surface area contributed by atoms with Gasteiger partial charge in [-0.15, -0.1) is 0 Å². The van der Waals surface area contributed by atoms with Gasteiger partial charge in [0.15, 0.2) is 0 Å². The van der Waals surface area contributed by atoms with E-state index >= 15 is 0 Å². The third-order valence-electron chi connectivity index (χ3n) is 3.85. The van der Waals surface area contributed by atoms with Crippen LogP contribution in [0, 0.1) is 5.82 Å². The van der Waals surface area contributed by atoms with Crippen LogP contribution in [0.25, 0.3) is 0 Å². The van der Waals surface area contributed by atoms with Gasteiger partial charge in [0.2, 0.25) is 0 Å². The van der Waals surface area contributed by atoms with E-state index in [1.165, 1.54) is 12.1 Å². The van der Waals surface area contributed by atoms with Gasteiger partial charge >= 0.3 is 5.97 Å². The molecular weight excluding hydrogens is 333 g/mol. The van der Waals surface area contributed by atoms with Crippen LogP contribution in [0.5, 0.6) is 5.75 Å². The van der Waals surface area contributed by atoms with Crippen LogP contribution in [0.4, 0.5) is 10.1 Å². The van der Waals surface area contributed by atoms with E-state index in [4.69, 9.17) is 9.84 Å². The molecule has 0 spiro atoms.